The molecule has 0 bridgehead atoms. The van der Waals surface area contributed by atoms with E-state index in [1.165, 1.54) is 0 Å². The molecular formula is C22H16Br2ClNO3. The van der Waals surface area contributed by atoms with Crippen LogP contribution in [0.3, 0.4) is 0 Å². The first kappa shape index (κ1) is 21.6. The lowest BCUT2D eigenvalue weighted by Gasteiger charge is -2.11. The maximum atomic E-state index is 10.9. The lowest BCUT2D eigenvalue weighted by molar-refractivity contribution is 0.0697. The molecule has 29 heavy (non-hydrogen) atoms. The minimum Gasteiger partial charge on any atom is -0.487 e. The first-order valence-corrected chi connectivity index (χ1v) is 10.5. The van der Waals surface area contributed by atoms with Crippen LogP contribution in [0.25, 0.3) is 0 Å². The van der Waals surface area contributed by atoms with E-state index in [0.717, 1.165) is 31.3 Å². The molecule has 0 aliphatic rings. The van der Waals surface area contributed by atoms with Gasteiger partial charge in [-0.2, -0.15) is 0 Å². The molecule has 148 valence electrons. The molecular weight excluding hydrogens is 522 g/mol. The first-order valence-electron chi connectivity index (χ1n) is 8.58. The van der Waals surface area contributed by atoms with Gasteiger partial charge in [0.1, 0.15) is 12.4 Å². The molecule has 0 unspecified atom stereocenters. The summed E-state index contributed by atoms with van der Waals surface area (Å²) in [6.45, 7) is 2.26. The van der Waals surface area contributed by atoms with Gasteiger partial charge in [0.05, 0.1) is 20.2 Å². The van der Waals surface area contributed by atoms with Gasteiger partial charge >= 0.3 is 5.97 Å². The number of benzene rings is 3. The molecule has 0 amide bonds. The molecule has 0 saturated carbocycles. The zero-order chi connectivity index (χ0) is 21.0. The summed E-state index contributed by atoms with van der Waals surface area (Å²) >= 11 is 13.2. The number of aryl methyl sites for hydroxylation is 1. The summed E-state index contributed by atoms with van der Waals surface area (Å²) in [5.41, 5.74) is 3.79. The van der Waals surface area contributed by atoms with Gasteiger partial charge in [-0.25, -0.2) is 4.79 Å². The molecule has 0 aliphatic heterocycles. The molecule has 3 rings (SSSR count). The summed E-state index contributed by atoms with van der Waals surface area (Å²) in [4.78, 5) is 15.4. The summed E-state index contributed by atoms with van der Waals surface area (Å²) in [6, 6.07) is 16.1. The highest BCUT2D eigenvalue weighted by atomic mass is 79.9. The van der Waals surface area contributed by atoms with E-state index in [2.05, 4.69) is 36.9 Å². The molecule has 0 heterocycles. The van der Waals surface area contributed by atoms with Crippen molar-refractivity contribution in [3.8, 4) is 5.75 Å². The van der Waals surface area contributed by atoms with Gasteiger partial charge in [-0.3, -0.25) is 4.99 Å². The van der Waals surface area contributed by atoms with E-state index in [4.69, 9.17) is 21.4 Å². The molecule has 1 N–H and O–H groups in total. The third kappa shape index (κ3) is 5.69. The van der Waals surface area contributed by atoms with Crippen molar-refractivity contribution < 1.29 is 14.6 Å². The van der Waals surface area contributed by atoms with Crippen molar-refractivity contribution in [3.63, 3.8) is 0 Å². The van der Waals surface area contributed by atoms with Gasteiger partial charge in [-0.05, 0) is 91.9 Å². The van der Waals surface area contributed by atoms with Crippen LogP contribution < -0.4 is 4.74 Å². The summed E-state index contributed by atoms with van der Waals surface area (Å²) in [6.07, 6.45) is 1.75. The van der Waals surface area contributed by atoms with Crippen molar-refractivity contribution >= 4 is 61.3 Å². The van der Waals surface area contributed by atoms with E-state index >= 15 is 0 Å². The quantitative estimate of drug-likeness (QED) is 0.338. The van der Waals surface area contributed by atoms with Crippen molar-refractivity contribution in [2.75, 3.05) is 0 Å². The Hall–Kier alpha value is -2.15. The Morgan fingerprint density at radius 3 is 2.34 bits per heavy atom. The number of carboxylic acid groups (broad SMARTS) is 1. The average molecular weight is 538 g/mol. The molecule has 0 atom stereocenters. The third-order valence-electron chi connectivity index (χ3n) is 4.12. The highest BCUT2D eigenvalue weighted by Gasteiger charge is 2.10. The Kier molecular flexibility index (Phi) is 7.11. The van der Waals surface area contributed by atoms with Crippen LogP contribution in [0, 0.1) is 6.92 Å². The van der Waals surface area contributed by atoms with Crippen molar-refractivity contribution in [2.45, 2.75) is 13.5 Å². The molecule has 0 radical (unpaired) electrons. The first-order chi connectivity index (χ1) is 13.8. The highest BCUT2D eigenvalue weighted by molar-refractivity contribution is 9.11. The summed E-state index contributed by atoms with van der Waals surface area (Å²) in [7, 11) is 0. The van der Waals surface area contributed by atoms with E-state index in [1.807, 2.05) is 37.3 Å². The van der Waals surface area contributed by atoms with Crippen LogP contribution in [-0.4, -0.2) is 17.3 Å². The number of ether oxygens (including phenoxy) is 1. The Morgan fingerprint density at radius 2 is 1.76 bits per heavy atom. The van der Waals surface area contributed by atoms with Gasteiger partial charge in [-0.1, -0.05) is 29.8 Å². The van der Waals surface area contributed by atoms with E-state index in [0.29, 0.717) is 17.4 Å². The molecule has 0 fully saturated rings. The number of rotatable bonds is 6. The number of nitrogens with zero attached hydrogens (tertiary/aromatic N) is 1. The lowest BCUT2D eigenvalue weighted by atomic mass is 10.1. The number of hydrogen-bond donors (Lipinski definition) is 1. The maximum absolute atomic E-state index is 10.9. The van der Waals surface area contributed by atoms with E-state index in [9.17, 15) is 4.79 Å². The van der Waals surface area contributed by atoms with E-state index < -0.39 is 5.97 Å². The Bertz CT molecular complexity index is 1060. The zero-order valence-corrected chi connectivity index (χ0v) is 19.3. The van der Waals surface area contributed by atoms with Crippen LogP contribution in [0.2, 0.25) is 5.02 Å². The van der Waals surface area contributed by atoms with Crippen molar-refractivity contribution in [3.05, 3.63) is 90.8 Å². The van der Waals surface area contributed by atoms with Gasteiger partial charge in [-0.15, -0.1) is 0 Å². The van der Waals surface area contributed by atoms with Crippen molar-refractivity contribution in [1.82, 2.24) is 0 Å². The van der Waals surface area contributed by atoms with Gasteiger partial charge < -0.3 is 9.84 Å². The minimum atomic E-state index is -0.951. The second-order valence-corrected chi connectivity index (χ2v) is 8.41. The van der Waals surface area contributed by atoms with Crippen LogP contribution in [0.1, 0.15) is 27.0 Å². The number of aliphatic imine (C=N–C) groups is 1. The number of carboxylic acids is 1. The monoisotopic (exact) mass is 535 g/mol. The van der Waals surface area contributed by atoms with Gasteiger partial charge in [0.2, 0.25) is 0 Å². The van der Waals surface area contributed by atoms with Gasteiger partial charge in [0, 0.05) is 11.2 Å². The SMILES string of the molecule is Cc1ccc(N=Cc2cc(Br)c(OCc3ccc(C(=O)O)cc3)c(Br)c2)cc1Cl. The average Bonchev–Trinajstić information content (AvgIpc) is 2.68. The van der Waals surface area contributed by atoms with Crippen LogP contribution in [0.15, 0.2) is 68.5 Å². The summed E-state index contributed by atoms with van der Waals surface area (Å²) < 4.78 is 7.45. The molecule has 0 saturated heterocycles. The fourth-order valence-corrected chi connectivity index (χ4v) is 4.13. The Labute approximate surface area is 190 Å². The molecule has 0 aliphatic carbocycles. The second-order valence-electron chi connectivity index (χ2n) is 6.30. The van der Waals surface area contributed by atoms with Gasteiger partial charge in [0.25, 0.3) is 0 Å². The van der Waals surface area contributed by atoms with Crippen molar-refractivity contribution in [2.24, 2.45) is 4.99 Å². The number of hydrogen-bond acceptors (Lipinski definition) is 3. The predicted molar refractivity (Wildman–Crippen MR) is 123 cm³/mol. The Morgan fingerprint density at radius 1 is 1.10 bits per heavy atom. The van der Waals surface area contributed by atoms with E-state index in [-0.39, 0.29) is 5.56 Å². The highest BCUT2D eigenvalue weighted by Crippen LogP contribution is 2.35. The number of aromatic carboxylic acids is 1. The molecule has 3 aromatic rings. The maximum Gasteiger partial charge on any atom is 0.335 e. The molecule has 7 heteroatoms. The number of carbonyl (C=O) groups is 1. The van der Waals surface area contributed by atoms with Crippen LogP contribution >= 0.6 is 43.5 Å². The van der Waals surface area contributed by atoms with Crippen LogP contribution in [0.4, 0.5) is 5.69 Å². The van der Waals surface area contributed by atoms with Crippen LogP contribution in [-0.2, 0) is 6.61 Å². The molecule has 0 aromatic heterocycles. The van der Waals surface area contributed by atoms with Crippen molar-refractivity contribution in [1.29, 1.82) is 0 Å². The summed E-state index contributed by atoms with van der Waals surface area (Å²) in [5.74, 6) is -0.295. The fourth-order valence-electron chi connectivity index (χ4n) is 2.50. The van der Waals surface area contributed by atoms with Gasteiger partial charge in [0.15, 0.2) is 0 Å². The smallest absolute Gasteiger partial charge is 0.335 e. The number of halogens is 3. The molecule has 3 aromatic carbocycles. The zero-order valence-electron chi connectivity index (χ0n) is 15.3. The summed E-state index contributed by atoms with van der Waals surface area (Å²) in [5, 5.41) is 9.65. The predicted octanol–water partition coefficient (Wildman–Crippen LogP) is 7.20. The fraction of sp³-hybridized carbons (Fsp3) is 0.0909. The molecule has 0 spiro atoms. The Balaban J connectivity index is 1.72. The third-order valence-corrected chi connectivity index (χ3v) is 5.71. The topological polar surface area (TPSA) is 58.9 Å². The largest absolute Gasteiger partial charge is 0.487 e. The lowest BCUT2D eigenvalue weighted by Crippen LogP contribution is -2.00. The minimum absolute atomic E-state index is 0.245. The standard InChI is InChI=1S/C22H16Br2ClNO3/c1-13-2-7-17(10-20(13)25)26-11-15-8-18(23)21(19(24)9-15)29-12-14-3-5-16(6-4-14)22(27)28/h2-11H,12H2,1H3,(H,27,28). The van der Waals surface area contributed by atoms with E-state index in [1.54, 1.807) is 30.5 Å². The normalized spacial score (nSPS) is 11.0. The second kappa shape index (κ2) is 9.57. The molecule has 4 nitrogen and oxygen atoms in total. The van der Waals surface area contributed by atoms with Crippen LogP contribution in [0.5, 0.6) is 5.75 Å².